The van der Waals surface area contributed by atoms with E-state index in [0.29, 0.717) is 36.7 Å². The summed E-state index contributed by atoms with van der Waals surface area (Å²) < 4.78 is 11.5. The zero-order chi connectivity index (χ0) is 19.6. The Bertz CT molecular complexity index is 787. The molecule has 2 aromatic carbocycles. The van der Waals surface area contributed by atoms with E-state index in [-0.39, 0.29) is 12.2 Å². The van der Waals surface area contributed by atoms with Gasteiger partial charge in [-0.1, -0.05) is 28.1 Å². The number of carbonyl (C=O) groups is 2. The summed E-state index contributed by atoms with van der Waals surface area (Å²) in [4.78, 5) is 22.8. The second kappa shape index (κ2) is 10.9. The number of ketones is 1. The maximum atomic E-state index is 12.3. The van der Waals surface area contributed by atoms with Crippen LogP contribution in [0.15, 0.2) is 30.3 Å². The molecule has 146 valence electrons. The first-order chi connectivity index (χ1) is 13.0. The van der Waals surface area contributed by atoms with Crippen LogP contribution in [0.25, 0.3) is 10.8 Å². The second-order valence-electron chi connectivity index (χ2n) is 6.32. The SMILES string of the molecule is CC(=O)c1c(OCCCCCBr)ccc2ccc(OCCCC(=O)O)cc12. The molecule has 0 saturated carbocycles. The van der Waals surface area contributed by atoms with Crippen LogP contribution in [0, 0.1) is 0 Å². The minimum absolute atomic E-state index is 0.0564. The number of halogens is 1. The molecule has 0 aliphatic carbocycles. The fraction of sp³-hybridized carbons (Fsp3) is 0.429. The molecule has 0 saturated heterocycles. The molecule has 2 aromatic rings. The van der Waals surface area contributed by atoms with E-state index < -0.39 is 5.97 Å². The molecule has 5 nitrogen and oxygen atoms in total. The van der Waals surface area contributed by atoms with Gasteiger partial charge in [0.25, 0.3) is 0 Å². The number of ether oxygens (including phenoxy) is 2. The molecule has 27 heavy (non-hydrogen) atoms. The van der Waals surface area contributed by atoms with Gasteiger partial charge in [-0.05, 0) is 61.6 Å². The Morgan fingerprint density at radius 3 is 2.44 bits per heavy atom. The zero-order valence-corrected chi connectivity index (χ0v) is 17.1. The lowest BCUT2D eigenvalue weighted by molar-refractivity contribution is -0.137. The van der Waals surface area contributed by atoms with E-state index in [1.54, 1.807) is 0 Å². The summed E-state index contributed by atoms with van der Waals surface area (Å²) in [6.45, 7) is 2.42. The molecule has 0 spiro atoms. The molecule has 0 radical (unpaired) electrons. The number of aliphatic carboxylic acids is 1. The summed E-state index contributed by atoms with van der Waals surface area (Å²) in [5.41, 5.74) is 0.559. The van der Waals surface area contributed by atoms with Crippen molar-refractivity contribution in [1.29, 1.82) is 0 Å². The molecule has 0 aliphatic heterocycles. The summed E-state index contributed by atoms with van der Waals surface area (Å²) in [5.74, 6) is 0.315. The van der Waals surface area contributed by atoms with Crippen LogP contribution >= 0.6 is 15.9 Å². The van der Waals surface area contributed by atoms with Crippen molar-refractivity contribution >= 4 is 38.5 Å². The van der Waals surface area contributed by atoms with E-state index in [4.69, 9.17) is 14.6 Å². The fourth-order valence-electron chi connectivity index (χ4n) is 2.82. The van der Waals surface area contributed by atoms with Crippen LogP contribution < -0.4 is 9.47 Å². The van der Waals surface area contributed by atoms with E-state index >= 15 is 0 Å². The monoisotopic (exact) mass is 436 g/mol. The predicted octanol–water partition coefficient (Wildman–Crippen LogP) is 5.23. The Morgan fingerprint density at radius 2 is 1.74 bits per heavy atom. The number of carbonyl (C=O) groups excluding carboxylic acids is 1. The molecule has 0 amide bonds. The maximum Gasteiger partial charge on any atom is 0.303 e. The molecule has 0 atom stereocenters. The first-order valence-corrected chi connectivity index (χ1v) is 10.3. The molecular formula is C21H25BrO5. The van der Waals surface area contributed by atoms with Crippen molar-refractivity contribution < 1.29 is 24.2 Å². The molecule has 0 aromatic heterocycles. The highest BCUT2D eigenvalue weighted by Gasteiger charge is 2.14. The number of fused-ring (bicyclic) bond motifs is 1. The summed E-state index contributed by atoms with van der Waals surface area (Å²) in [6, 6.07) is 9.33. The topological polar surface area (TPSA) is 72.8 Å². The van der Waals surface area contributed by atoms with Gasteiger partial charge in [0.05, 0.1) is 18.8 Å². The summed E-state index contributed by atoms with van der Waals surface area (Å²) in [5, 5.41) is 11.4. The highest BCUT2D eigenvalue weighted by molar-refractivity contribution is 9.09. The van der Waals surface area contributed by atoms with Crippen LogP contribution in [-0.2, 0) is 4.79 Å². The molecule has 0 aliphatic rings. The Kier molecular flexibility index (Phi) is 8.58. The van der Waals surface area contributed by atoms with Gasteiger partial charge < -0.3 is 14.6 Å². The number of carboxylic acid groups (broad SMARTS) is 1. The van der Waals surface area contributed by atoms with Crippen molar-refractivity contribution in [3.63, 3.8) is 0 Å². The smallest absolute Gasteiger partial charge is 0.303 e. The van der Waals surface area contributed by atoms with Gasteiger partial charge in [-0.2, -0.15) is 0 Å². The third-order valence-corrected chi connectivity index (χ3v) is 4.71. The highest BCUT2D eigenvalue weighted by Crippen LogP contribution is 2.31. The second-order valence-corrected chi connectivity index (χ2v) is 7.11. The van der Waals surface area contributed by atoms with E-state index in [0.717, 1.165) is 35.4 Å². The van der Waals surface area contributed by atoms with Gasteiger partial charge in [-0.15, -0.1) is 0 Å². The Labute approximate surface area is 167 Å². The van der Waals surface area contributed by atoms with Crippen molar-refractivity contribution in [2.45, 2.75) is 39.0 Å². The van der Waals surface area contributed by atoms with E-state index in [1.165, 1.54) is 6.92 Å². The third-order valence-electron chi connectivity index (χ3n) is 4.15. The number of unbranched alkanes of at least 4 members (excludes halogenated alkanes) is 2. The van der Waals surface area contributed by atoms with Crippen molar-refractivity contribution in [2.75, 3.05) is 18.5 Å². The summed E-state index contributed by atoms with van der Waals surface area (Å²) >= 11 is 3.41. The first kappa shape index (κ1) is 21.2. The Morgan fingerprint density at radius 1 is 1.00 bits per heavy atom. The minimum atomic E-state index is -0.839. The third kappa shape index (κ3) is 6.54. The number of benzene rings is 2. The summed E-state index contributed by atoms with van der Waals surface area (Å²) in [6.07, 6.45) is 3.61. The quantitative estimate of drug-likeness (QED) is 0.280. The van der Waals surface area contributed by atoms with Crippen LogP contribution in [0.3, 0.4) is 0 Å². The van der Waals surface area contributed by atoms with Crippen LogP contribution in [0.5, 0.6) is 11.5 Å². The largest absolute Gasteiger partial charge is 0.494 e. The lowest BCUT2D eigenvalue weighted by Gasteiger charge is -2.14. The molecule has 2 rings (SSSR count). The number of carboxylic acids is 1. The number of Topliss-reactive ketones (excluding diaryl/α,β-unsaturated/α-hetero) is 1. The zero-order valence-electron chi connectivity index (χ0n) is 15.5. The number of rotatable bonds is 12. The van der Waals surface area contributed by atoms with Crippen molar-refractivity contribution in [3.8, 4) is 11.5 Å². The molecule has 1 N–H and O–H groups in total. The lowest BCUT2D eigenvalue weighted by atomic mass is 10.0. The van der Waals surface area contributed by atoms with Gasteiger partial charge in [0.2, 0.25) is 0 Å². The van der Waals surface area contributed by atoms with E-state index in [9.17, 15) is 9.59 Å². The van der Waals surface area contributed by atoms with Crippen molar-refractivity contribution in [1.82, 2.24) is 0 Å². The Hall–Kier alpha value is -2.08. The van der Waals surface area contributed by atoms with E-state index in [1.807, 2.05) is 30.3 Å². The number of alkyl halides is 1. The average molecular weight is 437 g/mol. The van der Waals surface area contributed by atoms with Crippen LogP contribution in [0.2, 0.25) is 0 Å². The lowest BCUT2D eigenvalue weighted by Crippen LogP contribution is -2.05. The molecule has 0 unspecified atom stereocenters. The predicted molar refractivity (Wildman–Crippen MR) is 109 cm³/mol. The maximum absolute atomic E-state index is 12.3. The molecule has 0 bridgehead atoms. The molecule has 0 fully saturated rings. The number of hydrogen-bond donors (Lipinski definition) is 1. The van der Waals surface area contributed by atoms with Crippen LogP contribution in [0.1, 0.15) is 49.4 Å². The van der Waals surface area contributed by atoms with Gasteiger partial charge in [0.15, 0.2) is 5.78 Å². The molecule has 0 heterocycles. The van der Waals surface area contributed by atoms with Crippen LogP contribution in [0.4, 0.5) is 0 Å². The van der Waals surface area contributed by atoms with Crippen molar-refractivity contribution in [3.05, 3.63) is 35.9 Å². The van der Waals surface area contributed by atoms with Gasteiger partial charge in [0.1, 0.15) is 11.5 Å². The van der Waals surface area contributed by atoms with Gasteiger partial charge in [-0.3, -0.25) is 9.59 Å². The van der Waals surface area contributed by atoms with Crippen molar-refractivity contribution in [2.24, 2.45) is 0 Å². The first-order valence-electron chi connectivity index (χ1n) is 9.14. The Balaban J connectivity index is 2.16. The van der Waals surface area contributed by atoms with Gasteiger partial charge >= 0.3 is 5.97 Å². The van der Waals surface area contributed by atoms with E-state index in [2.05, 4.69) is 15.9 Å². The van der Waals surface area contributed by atoms with Gasteiger partial charge in [0, 0.05) is 11.8 Å². The van der Waals surface area contributed by atoms with Gasteiger partial charge in [-0.25, -0.2) is 0 Å². The molecular weight excluding hydrogens is 412 g/mol. The fourth-order valence-corrected chi connectivity index (χ4v) is 3.22. The highest BCUT2D eigenvalue weighted by atomic mass is 79.9. The van der Waals surface area contributed by atoms with Crippen LogP contribution in [-0.4, -0.2) is 35.4 Å². The average Bonchev–Trinajstić information content (AvgIpc) is 2.64. The molecule has 6 heteroatoms. The minimum Gasteiger partial charge on any atom is -0.494 e. The summed E-state index contributed by atoms with van der Waals surface area (Å²) in [7, 11) is 0. The number of hydrogen-bond acceptors (Lipinski definition) is 4. The normalized spacial score (nSPS) is 10.7. The standard InChI is InChI=1S/C21H25BrO5/c1-15(23)21-18-14-17(26-13-5-6-20(24)25)9-7-16(18)8-10-19(21)27-12-4-2-3-11-22/h7-10,14H,2-6,11-13H2,1H3,(H,24,25).